The summed E-state index contributed by atoms with van der Waals surface area (Å²) in [6.07, 6.45) is 0. The maximum atomic E-state index is 9.08. The van der Waals surface area contributed by atoms with Crippen molar-refractivity contribution in [2.45, 2.75) is 27.7 Å². The molecule has 0 heterocycles. The van der Waals surface area contributed by atoms with Crippen LogP contribution in [0.25, 0.3) is 0 Å². The van der Waals surface area contributed by atoms with Gasteiger partial charge in [-0.25, -0.2) is 0 Å². The summed E-state index contributed by atoms with van der Waals surface area (Å²) in [5.41, 5.74) is 4.27. The van der Waals surface area contributed by atoms with Crippen molar-refractivity contribution in [3.05, 3.63) is 76.9 Å². The second-order valence-corrected chi connectivity index (χ2v) is 6.76. The normalized spacial score (nSPS) is 9.13. The molecule has 0 aliphatic carbocycles. The molecule has 6 nitrogen and oxygen atoms in total. The van der Waals surface area contributed by atoms with E-state index in [9.17, 15) is 0 Å². The molecule has 0 atom stereocenters. The van der Waals surface area contributed by atoms with Crippen molar-refractivity contribution in [2.75, 3.05) is 21.3 Å². The summed E-state index contributed by atoms with van der Waals surface area (Å²) in [6, 6.07) is 16.2. The van der Waals surface area contributed by atoms with E-state index in [1.54, 1.807) is 51.7 Å². The van der Waals surface area contributed by atoms with Gasteiger partial charge in [0.25, 0.3) is 0 Å². The van der Waals surface area contributed by atoms with Crippen LogP contribution in [0.2, 0.25) is 0 Å². The molecule has 0 aromatic heterocycles. The third-order valence-electron chi connectivity index (χ3n) is 4.50. The van der Waals surface area contributed by atoms with Crippen molar-refractivity contribution in [1.82, 2.24) is 0 Å². The van der Waals surface area contributed by atoms with E-state index in [0.717, 1.165) is 33.9 Å². The largest absolute Gasteiger partial charge is 0.508 e. The second kappa shape index (κ2) is 13.8. The van der Waals surface area contributed by atoms with Gasteiger partial charge < -0.3 is 29.9 Å². The lowest BCUT2D eigenvalue weighted by atomic mass is 10.1. The van der Waals surface area contributed by atoms with Crippen molar-refractivity contribution >= 4 is 0 Å². The molecule has 0 spiro atoms. The van der Waals surface area contributed by atoms with Gasteiger partial charge in [0.15, 0.2) is 0 Å². The van der Waals surface area contributed by atoms with E-state index >= 15 is 0 Å². The SMILES string of the molecule is COc1ccc(O)c(C)c1.COc1ccc(OC)c(C)c1.Cc1ccc(O)cc1C.O. The van der Waals surface area contributed by atoms with Crippen LogP contribution in [-0.2, 0) is 0 Å². The van der Waals surface area contributed by atoms with Gasteiger partial charge in [-0.1, -0.05) is 6.07 Å². The van der Waals surface area contributed by atoms with Crippen molar-refractivity contribution < 1.29 is 29.9 Å². The summed E-state index contributed by atoms with van der Waals surface area (Å²) >= 11 is 0. The number of ether oxygens (including phenoxy) is 3. The van der Waals surface area contributed by atoms with Gasteiger partial charge in [-0.2, -0.15) is 0 Å². The highest BCUT2D eigenvalue weighted by Gasteiger charge is 1.98. The van der Waals surface area contributed by atoms with E-state index in [4.69, 9.17) is 24.4 Å². The molecule has 0 aliphatic rings. The fraction of sp³-hybridized carbons (Fsp3) is 0.280. The zero-order valence-electron chi connectivity index (χ0n) is 19.3. The van der Waals surface area contributed by atoms with Gasteiger partial charge in [-0.15, -0.1) is 0 Å². The van der Waals surface area contributed by atoms with Crippen molar-refractivity contribution in [3.63, 3.8) is 0 Å². The topological polar surface area (TPSA) is 99.7 Å². The summed E-state index contributed by atoms with van der Waals surface area (Å²) in [4.78, 5) is 0. The predicted octanol–water partition coefficient (Wildman–Crippen LogP) is 4.91. The van der Waals surface area contributed by atoms with E-state index in [1.165, 1.54) is 5.56 Å². The predicted molar refractivity (Wildman–Crippen MR) is 125 cm³/mol. The van der Waals surface area contributed by atoms with Gasteiger partial charge in [-0.3, -0.25) is 0 Å². The minimum atomic E-state index is 0. The minimum Gasteiger partial charge on any atom is -0.508 e. The van der Waals surface area contributed by atoms with Gasteiger partial charge in [0.1, 0.15) is 28.7 Å². The fourth-order valence-corrected chi connectivity index (χ4v) is 2.46. The second-order valence-electron chi connectivity index (χ2n) is 6.76. The van der Waals surface area contributed by atoms with Gasteiger partial charge in [0.05, 0.1) is 21.3 Å². The van der Waals surface area contributed by atoms with Crippen LogP contribution in [0.15, 0.2) is 54.6 Å². The standard InChI is InChI=1S/C9H12O2.C8H10O2.C8H10O.H2O/c1-7-6-8(10-2)4-5-9(7)11-3;1-6-5-7(10-2)3-4-8(6)9;1-6-3-4-8(9)5-7(6)2;/h4-6H,1-3H3;3-5,9H,1-2H3;3-5,9H,1-2H3;1H2. The lowest BCUT2D eigenvalue weighted by Crippen LogP contribution is -1.88. The number of aryl methyl sites for hydroxylation is 4. The van der Waals surface area contributed by atoms with E-state index in [-0.39, 0.29) is 5.48 Å². The summed E-state index contributed by atoms with van der Waals surface area (Å²) in [5.74, 6) is 3.18. The number of hydrogen-bond acceptors (Lipinski definition) is 5. The summed E-state index contributed by atoms with van der Waals surface area (Å²) in [7, 11) is 4.92. The third-order valence-corrected chi connectivity index (χ3v) is 4.50. The van der Waals surface area contributed by atoms with Gasteiger partial charge in [0, 0.05) is 0 Å². The van der Waals surface area contributed by atoms with Crippen LogP contribution in [0, 0.1) is 27.7 Å². The maximum Gasteiger partial charge on any atom is 0.122 e. The van der Waals surface area contributed by atoms with Gasteiger partial charge in [0.2, 0.25) is 0 Å². The van der Waals surface area contributed by atoms with Crippen LogP contribution in [0.5, 0.6) is 28.7 Å². The van der Waals surface area contributed by atoms with Crippen LogP contribution < -0.4 is 14.2 Å². The average Bonchev–Trinajstić information content (AvgIpc) is 2.74. The summed E-state index contributed by atoms with van der Waals surface area (Å²) in [5, 5.41) is 18.0. The van der Waals surface area contributed by atoms with E-state index < -0.39 is 0 Å². The molecule has 31 heavy (non-hydrogen) atoms. The number of aromatic hydroxyl groups is 2. The minimum absolute atomic E-state index is 0. The molecule has 0 aliphatic heterocycles. The zero-order valence-corrected chi connectivity index (χ0v) is 19.3. The zero-order chi connectivity index (χ0) is 22.7. The Hall–Kier alpha value is -3.38. The number of methoxy groups -OCH3 is 3. The highest BCUT2D eigenvalue weighted by molar-refractivity contribution is 5.39. The molecule has 3 rings (SSSR count). The highest BCUT2D eigenvalue weighted by Crippen LogP contribution is 2.22. The Kier molecular flexibility index (Phi) is 12.3. The van der Waals surface area contributed by atoms with Crippen molar-refractivity contribution in [1.29, 1.82) is 0 Å². The Balaban J connectivity index is 0.000000431. The maximum absolute atomic E-state index is 9.08. The van der Waals surface area contributed by atoms with Crippen LogP contribution in [0.4, 0.5) is 0 Å². The van der Waals surface area contributed by atoms with Gasteiger partial charge >= 0.3 is 0 Å². The molecule has 0 radical (unpaired) electrons. The number of benzene rings is 3. The molecule has 3 aromatic carbocycles. The Bertz CT molecular complexity index is 937. The molecule has 170 valence electrons. The van der Waals surface area contributed by atoms with Crippen molar-refractivity contribution in [3.8, 4) is 28.7 Å². The van der Waals surface area contributed by atoms with E-state index in [2.05, 4.69) is 0 Å². The molecule has 0 fully saturated rings. The molecule has 6 heteroatoms. The highest BCUT2D eigenvalue weighted by atomic mass is 16.5. The fourth-order valence-electron chi connectivity index (χ4n) is 2.46. The lowest BCUT2D eigenvalue weighted by molar-refractivity contribution is 0.400. The number of phenolic OH excluding ortho intramolecular Hbond substituents is 2. The number of hydrogen-bond donors (Lipinski definition) is 2. The quantitative estimate of drug-likeness (QED) is 0.615. The third kappa shape index (κ3) is 9.31. The molecule has 0 bridgehead atoms. The summed E-state index contributed by atoms with van der Waals surface area (Å²) < 4.78 is 15.1. The molecule has 4 N–H and O–H groups in total. The molecular weight excluding hydrogens is 396 g/mol. The van der Waals surface area contributed by atoms with E-state index in [1.807, 2.05) is 52.0 Å². The van der Waals surface area contributed by atoms with Crippen LogP contribution in [-0.4, -0.2) is 37.0 Å². The monoisotopic (exact) mass is 430 g/mol. The molecule has 0 amide bonds. The number of rotatable bonds is 3. The summed E-state index contributed by atoms with van der Waals surface area (Å²) in [6.45, 7) is 7.82. The Labute approximate surface area is 185 Å². The van der Waals surface area contributed by atoms with Crippen LogP contribution >= 0.6 is 0 Å². The van der Waals surface area contributed by atoms with Crippen molar-refractivity contribution in [2.24, 2.45) is 0 Å². The molecule has 0 unspecified atom stereocenters. The first kappa shape index (κ1) is 27.6. The Morgan fingerprint density at radius 3 is 1.52 bits per heavy atom. The first-order valence-corrected chi connectivity index (χ1v) is 9.50. The van der Waals surface area contributed by atoms with Crippen LogP contribution in [0.1, 0.15) is 22.3 Å². The first-order chi connectivity index (χ1) is 14.2. The Morgan fingerprint density at radius 1 is 0.548 bits per heavy atom. The molecule has 3 aromatic rings. The molecule has 0 saturated heterocycles. The van der Waals surface area contributed by atoms with Crippen LogP contribution in [0.3, 0.4) is 0 Å². The average molecular weight is 431 g/mol. The van der Waals surface area contributed by atoms with Gasteiger partial charge in [-0.05, 0) is 98.5 Å². The van der Waals surface area contributed by atoms with E-state index in [0.29, 0.717) is 11.5 Å². The molecule has 0 saturated carbocycles. The Morgan fingerprint density at radius 2 is 1.10 bits per heavy atom. The smallest absolute Gasteiger partial charge is 0.122 e. The number of phenols is 2. The first-order valence-electron chi connectivity index (χ1n) is 9.50. The lowest BCUT2D eigenvalue weighted by Gasteiger charge is -2.05. The molecular formula is C25H34O6.